The number of hydrogen-bond donors (Lipinski definition) is 0. The average molecular weight is 195 g/mol. The Morgan fingerprint density at radius 2 is 1.14 bits per heavy atom. The first kappa shape index (κ1) is 16.5. The molecule has 7 heavy (non-hydrogen) atoms. The second-order valence-corrected chi connectivity index (χ2v) is 1.68. The van der Waals surface area contributed by atoms with E-state index in [1.165, 1.54) is 0 Å². The zero-order valence-electron chi connectivity index (χ0n) is 3.75. The van der Waals surface area contributed by atoms with Gasteiger partial charge in [-0.1, -0.05) is 0 Å². The maximum atomic E-state index is 8.59. The molecule has 0 rings (SSSR count). The van der Waals surface area contributed by atoms with Crippen molar-refractivity contribution in [2.24, 2.45) is 0 Å². The van der Waals surface area contributed by atoms with E-state index in [-0.39, 0.29) is 89.1 Å². The van der Waals surface area contributed by atoms with Crippen LogP contribution in [-0.2, 0) is 21.2 Å². The predicted octanol–water partition coefficient (Wildman–Crippen LogP) is -5.99. The van der Waals surface area contributed by atoms with Crippen molar-refractivity contribution in [3.05, 3.63) is 0 Å². The number of hydrogen-bond acceptors (Lipinski definition) is 4. The minimum absolute atomic E-state index is 0. The van der Waals surface area contributed by atoms with Crippen molar-refractivity contribution in [2.45, 2.75) is 0 Å². The summed E-state index contributed by atoms with van der Waals surface area (Å²) in [5, 5.41) is 0. The summed E-state index contributed by atoms with van der Waals surface area (Å²) >= 11 is -5.75. The third-order valence-corrected chi connectivity index (χ3v) is 0. The van der Waals surface area contributed by atoms with E-state index < -0.39 is 13.6 Å². The van der Waals surface area contributed by atoms with Crippen LogP contribution in [0.1, 0.15) is 0 Å². The maximum absolute atomic E-state index is 8.59. The summed E-state index contributed by atoms with van der Waals surface area (Å²) in [6.07, 6.45) is 0. The van der Waals surface area contributed by atoms with Crippen LogP contribution in [0, 0.1) is 0 Å². The SMILES string of the molecule is [Ca+2].[K+].[O]=[Cr](=[O])([O-])[O-]. The second-order valence-electron chi connectivity index (χ2n) is 0.408. The van der Waals surface area contributed by atoms with Crippen LogP contribution in [0.2, 0.25) is 0 Å². The Bertz CT molecular complexity index is 94.9. The molecule has 0 N–H and O–H groups in total. The van der Waals surface area contributed by atoms with E-state index in [4.69, 9.17) is 15.9 Å². The van der Waals surface area contributed by atoms with Gasteiger partial charge in [0.1, 0.15) is 0 Å². The summed E-state index contributed by atoms with van der Waals surface area (Å²) in [7, 11) is 0. The van der Waals surface area contributed by atoms with Gasteiger partial charge in [0.2, 0.25) is 0 Å². The zero-order valence-corrected chi connectivity index (χ0v) is 10.4. The standard InChI is InChI=1S/Ca.Cr.K.4O/q+2;;+1;;;2*-1. The van der Waals surface area contributed by atoms with Crippen LogP contribution in [0.4, 0.5) is 0 Å². The molecule has 0 saturated carbocycles. The van der Waals surface area contributed by atoms with Crippen molar-refractivity contribution in [3.8, 4) is 0 Å². The molecule has 0 aromatic heterocycles. The van der Waals surface area contributed by atoms with Crippen LogP contribution in [0.3, 0.4) is 0 Å². The van der Waals surface area contributed by atoms with Crippen molar-refractivity contribution >= 4 is 37.7 Å². The molecule has 0 aromatic carbocycles. The van der Waals surface area contributed by atoms with Gasteiger partial charge in [0.15, 0.2) is 0 Å². The van der Waals surface area contributed by atoms with E-state index in [1.807, 2.05) is 0 Å². The molecule has 0 bridgehead atoms. The van der Waals surface area contributed by atoms with E-state index in [0.29, 0.717) is 0 Å². The quantitative estimate of drug-likeness (QED) is 0.360. The van der Waals surface area contributed by atoms with Gasteiger partial charge in [-0.2, -0.15) is 0 Å². The molecular weight excluding hydrogens is 195 g/mol. The van der Waals surface area contributed by atoms with E-state index in [1.54, 1.807) is 0 Å². The molecule has 0 saturated heterocycles. The predicted molar refractivity (Wildman–Crippen MR) is 7.13 cm³/mol. The molecule has 0 aliphatic heterocycles. The fourth-order valence-corrected chi connectivity index (χ4v) is 0. The van der Waals surface area contributed by atoms with Crippen molar-refractivity contribution < 1.29 is 80.9 Å². The van der Waals surface area contributed by atoms with Crippen LogP contribution in [0.15, 0.2) is 0 Å². The minimum atomic E-state index is -5.75. The van der Waals surface area contributed by atoms with Crippen molar-refractivity contribution in [1.82, 2.24) is 0 Å². The van der Waals surface area contributed by atoms with E-state index in [9.17, 15) is 0 Å². The van der Waals surface area contributed by atoms with Crippen LogP contribution < -0.4 is 59.7 Å². The van der Waals surface area contributed by atoms with Gasteiger partial charge < -0.3 is 0 Å². The molecule has 0 aliphatic rings. The first-order valence-electron chi connectivity index (χ1n) is 0.667. The summed E-state index contributed by atoms with van der Waals surface area (Å²) in [6.45, 7) is 0. The van der Waals surface area contributed by atoms with Gasteiger partial charge in [-0.25, -0.2) is 0 Å². The van der Waals surface area contributed by atoms with Gasteiger partial charge in [-0.3, -0.25) is 0 Å². The van der Waals surface area contributed by atoms with Gasteiger partial charge in [0.05, 0.1) is 0 Å². The molecule has 0 aliphatic carbocycles. The van der Waals surface area contributed by atoms with E-state index >= 15 is 0 Å². The normalized spacial score (nSPS) is 8.29. The first-order chi connectivity index (χ1) is 2.00. The summed E-state index contributed by atoms with van der Waals surface area (Å²) in [6, 6.07) is 0. The van der Waals surface area contributed by atoms with Gasteiger partial charge in [0, 0.05) is 0 Å². The van der Waals surface area contributed by atoms with E-state index in [0.717, 1.165) is 0 Å². The molecule has 0 aromatic rings. The summed E-state index contributed by atoms with van der Waals surface area (Å²) in [5.41, 5.74) is 0. The molecule has 4 nitrogen and oxygen atoms in total. The third-order valence-electron chi connectivity index (χ3n) is 0. The molecule has 0 atom stereocenters. The zero-order chi connectivity index (χ0) is 4.50. The Kier molecular flexibility index (Phi) is 16.6. The van der Waals surface area contributed by atoms with Crippen molar-refractivity contribution in [1.29, 1.82) is 0 Å². The van der Waals surface area contributed by atoms with Gasteiger partial charge in [-0.05, 0) is 0 Å². The summed E-state index contributed by atoms with van der Waals surface area (Å²) in [5.74, 6) is 0. The Morgan fingerprint density at radius 3 is 1.14 bits per heavy atom. The van der Waals surface area contributed by atoms with Crippen LogP contribution >= 0.6 is 0 Å². The number of rotatable bonds is 0. The molecule has 0 unspecified atom stereocenters. The Morgan fingerprint density at radius 1 is 1.14 bits per heavy atom. The molecule has 0 heterocycles. The van der Waals surface area contributed by atoms with Crippen molar-refractivity contribution in [3.63, 3.8) is 0 Å². The van der Waals surface area contributed by atoms with Gasteiger partial charge in [-0.15, -0.1) is 0 Å². The third kappa shape index (κ3) is 49.7. The van der Waals surface area contributed by atoms with Gasteiger partial charge in [0.25, 0.3) is 0 Å². The monoisotopic (exact) mass is 195 g/mol. The van der Waals surface area contributed by atoms with Crippen molar-refractivity contribution in [2.75, 3.05) is 0 Å². The molecular formula is CaCrKO4+. The van der Waals surface area contributed by atoms with Crippen LogP contribution in [0.5, 0.6) is 0 Å². The summed E-state index contributed by atoms with van der Waals surface area (Å²) in [4.78, 5) is 0. The van der Waals surface area contributed by atoms with Crippen LogP contribution in [0.25, 0.3) is 0 Å². The first-order valence-corrected chi connectivity index (χ1v) is 2.75. The van der Waals surface area contributed by atoms with Gasteiger partial charge >= 0.3 is 119 Å². The fourth-order valence-electron chi connectivity index (χ4n) is 0. The van der Waals surface area contributed by atoms with E-state index in [2.05, 4.69) is 0 Å². The Labute approximate surface area is 115 Å². The Balaban J connectivity index is -0.0000000800. The fraction of sp³-hybridized carbons (Fsp3) is 0. The van der Waals surface area contributed by atoms with Crippen LogP contribution in [-0.4, -0.2) is 37.7 Å². The Hall–Kier alpha value is 2.95. The average Bonchev–Trinajstić information content (AvgIpc) is 0.722. The molecule has 0 radical (unpaired) electrons. The molecule has 32 valence electrons. The topological polar surface area (TPSA) is 80.3 Å². The second kappa shape index (κ2) is 7.06. The molecule has 0 fully saturated rings. The molecule has 0 spiro atoms. The molecule has 0 amide bonds. The summed E-state index contributed by atoms with van der Waals surface area (Å²) < 4.78 is 34.4. The molecule has 7 heteroatoms.